The zero-order chi connectivity index (χ0) is 22.4. The molecule has 2 aromatic carbocycles. The third-order valence-corrected chi connectivity index (χ3v) is 4.82. The minimum absolute atomic E-state index is 0.113. The number of anilines is 2. The van der Waals surface area contributed by atoms with E-state index in [1.165, 1.54) is 18.9 Å². The predicted octanol–water partition coefficient (Wildman–Crippen LogP) is 3.06. The molecule has 0 radical (unpaired) electrons. The third-order valence-electron chi connectivity index (χ3n) is 4.82. The van der Waals surface area contributed by atoms with Gasteiger partial charge in [-0.3, -0.25) is 9.59 Å². The largest absolute Gasteiger partial charge is 0.497 e. The van der Waals surface area contributed by atoms with Crippen LogP contribution >= 0.6 is 0 Å². The molecule has 31 heavy (non-hydrogen) atoms. The lowest BCUT2D eigenvalue weighted by atomic mass is 10.1. The number of rotatable bonds is 8. The van der Waals surface area contributed by atoms with E-state index in [1.54, 1.807) is 25.1 Å². The maximum Gasteiger partial charge on any atom is 0.278 e. The molecule has 9 nitrogen and oxygen atoms in total. The number of benzene rings is 2. The number of carbonyl (C=O) groups excluding carboxylic acids is 2. The molecule has 0 fully saturated rings. The van der Waals surface area contributed by atoms with Crippen LogP contribution < -0.4 is 20.1 Å². The van der Waals surface area contributed by atoms with Crippen LogP contribution in [-0.4, -0.2) is 41.0 Å². The second-order valence-corrected chi connectivity index (χ2v) is 6.76. The Balaban J connectivity index is 1.72. The highest BCUT2D eigenvalue weighted by Crippen LogP contribution is 2.28. The van der Waals surface area contributed by atoms with E-state index in [0.717, 1.165) is 17.7 Å². The molecule has 1 heterocycles. The van der Waals surface area contributed by atoms with Crippen molar-refractivity contribution in [3.8, 4) is 11.5 Å². The molecule has 0 aliphatic heterocycles. The van der Waals surface area contributed by atoms with Crippen molar-refractivity contribution >= 4 is 23.2 Å². The molecule has 0 saturated carbocycles. The van der Waals surface area contributed by atoms with Crippen molar-refractivity contribution in [3.05, 3.63) is 59.4 Å². The summed E-state index contributed by atoms with van der Waals surface area (Å²) in [6.07, 6.45) is 0.788. The Hall–Kier alpha value is -3.88. The van der Waals surface area contributed by atoms with Gasteiger partial charge in [0.15, 0.2) is 5.69 Å². The number of ether oxygens (including phenoxy) is 2. The van der Waals surface area contributed by atoms with Gasteiger partial charge in [0.05, 0.1) is 25.6 Å². The van der Waals surface area contributed by atoms with E-state index < -0.39 is 0 Å². The van der Waals surface area contributed by atoms with Gasteiger partial charge in [-0.2, -0.15) is 0 Å². The topological polar surface area (TPSA) is 107 Å². The molecule has 162 valence electrons. The Morgan fingerprint density at radius 3 is 2.52 bits per heavy atom. The van der Waals surface area contributed by atoms with Gasteiger partial charge in [-0.1, -0.05) is 30.3 Å². The highest BCUT2D eigenvalue weighted by molar-refractivity contribution is 6.04. The van der Waals surface area contributed by atoms with Crippen LogP contribution in [0, 0.1) is 6.92 Å². The molecule has 0 unspecified atom stereocenters. The Morgan fingerprint density at radius 1 is 1.03 bits per heavy atom. The smallest absolute Gasteiger partial charge is 0.278 e. The molecule has 0 bridgehead atoms. The van der Waals surface area contributed by atoms with Crippen LogP contribution in [0.25, 0.3) is 0 Å². The van der Waals surface area contributed by atoms with Crippen LogP contribution in [0.5, 0.6) is 11.5 Å². The van der Waals surface area contributed by atoms with E-state index in [9.17, 15) is 9.59 Å². The maximum atomic E-state index is 12.7. The molecule has 3 rings (SSSR count). The first-order chi connectivity index (χ1) is 15.0. The average molecular weight is 423 g/mol. The first-order valence-corrected chi connectivity index (χ1v) is 9.78. The molecule has 0 saturated heterocycles. The number of aromatic nitrogens is 3. The molecule has 0 aliphatic carbocycles. The van der Waals surface area contributed by atoms with Gasteiger partial charge in [0.1, 0.15) is 18.0 Å². The minimum atomic E-state index is -0.375. The van der Waals surface area contributed by atoms with Crippen molar-refractivity contribution in [1.82, 2.24) is 15.0 Å². The summed E-state index contributed by atoms with van der Waals surface area (Å²) in [7, 11) is 3.05. The zero-order valence-electron chi connectivity index (χ0n) is 17.9. The first kappa shape index (κ1) is 21.8. The Labute approximate surface area is 180 Å². The van der Waals surface area contributed by atoms with E-state index in [0.29, 0.717) is 22.9 Å². The number of nitrogens with zero attached hydrogens (tertiary/aromatic N) is 3. The van der Waals surface area contributed by atoms with Gasteiger partial charge < -0.3 is 20.1 Å². The summed E-state index contributed by atoms with van der Waals surface area (Å²) < 4.78 is 11.8. The van der Waals surface area contributed by atoms with Crippen molar-refractivity contribution in [1.29, 1.82) is 0 Å². The fourth-order valence-electron chi connectivity index (χ4n) is 3.09. The number of methoxy groups -OCH3 is 2. The van der Waals surface area contributed by atoms with E-state index in [1.807, 2.05) is 31.2 Å². The first-order valence-electron chi connectivity index (χ1n) is 9.78. The molecular weight excluding hydrogens is 398 g/mol. The number of nitrogens with one attached hydrogen (secondary N) is 2. The van der Waals surface area contributed by atoms with Crippen LogP contribution in [-0.2, 0) is 17.8 Å². The van der Waals surface area contributed by atoms with Crippen LogP contribution in [0.4, 0.5) is 11.4 Å². The van der Waals surface area contributed by atoms with Crippen LogP contribution in [0.2, 0.25) is 0 Å². The summed E-state index contributed by atoms with van der Waals surface area (Å²) in [5, 5.41) is 13.6. The van der Waals surface area contributed by atoms with Gasteiger partial charge in [0, 0.05) is 11.8 Å². The molecular formula is C22H25N5O4. The van der Waals surface area contributed by atoms with Gasteiger partial charge in [-0.05, 0) is 37.1 Å². The van der Waals surface area contributed by atoms with Gasteiger partial charge in [0.25, 0.3) is 5.91 Å². The van der Waals surface area contributed by atoms with Gasteiger partial charge in [-0.25, -0.2) is 4.68 Å². The van der Waals surface area contributed by atoms with Gasteiger partial charge in [0.2, 0.25) is 5.91 Å². The van der Waals surface area contributed by atoms with E-state index in [4.69, 9.17) is 9.47 Å². The highest BCUT2D eigenvalue weighted by Gasteiger charge is 2.19. The fraction of sp³-hybridized carbons (Fsp3) is 0.273. The molecule has 2 N–H and O–H groups in total. The lowest BCUT2D eigenvalue weighted by Crippen LogP contribution is -2.21. The van der Waals surface area contributed by atoms with Crippen LogP contribution in [0.15, 0.2) is 42.5 Å². The summed E-state index contributed by atoms with van der Waals surface area (Å²) in [6.45, 7) is 3.60. The Kier molecular flexibility index (Phi) is 6.86. The van der Waals surface area contributed by atoms with Crippen molar-refractivity contribution in [2.24, 2.45) is 0 Å². The monoisotopic (exact) mass is 423 g/mol. The maximum absolute atomic E-state index is 12.7. The second-order valence-electron chi connectivity index (χ2n) is 6.76. The Morgan fingerprint density at radius 2 is 1.81 bits per heavy atom. The number of hydrogen-bond acceptors (Lipinski definition) is 6. The van der Waals surface area contributed by atoms with Crippen LogP contribution in [0.1, 0.15) is 28.7 Å². The lowest BCUT2D eigenvalue weighted by Gasteiger charge is -2.12. The number of para-hydroxylation sites is 1. The molecule has 0 aliphatic rings. The zero-order valence-corrected chi connectivity index (χ0v) is 17.9. The van der Waals surface area contributed by atoms with Crippen molar-refractivity contribution in [2.75, 3.05) is 24.9 Å². The summed E-state index contributed by atoms with van der Waals surface area (Å²) >= 11 is 0. The number of aryl methyl sites for hydroxylation is 1. The standard InChI is InChI=1S/C22H25N5O4/c1-5-15-8-6-7-9-17(15)24-22(29)21-14(2)27(26-25-21)13-20(28)23-18-12-16(30-3)10-11-19(18)31-4/h6-12H,5,13H2,1-4H3,(H,23,28)(H,24,29). The van der Waals surface area contributed by atoms with E-state index in [2.05, 4.69) is 20.9 Å². The van der Waals surface area contributed by atoms with E-state index >= 15 is 0 Å². The quantitative estimate of drug-likeness (QED) is 0.577. The highest BCUT2D eigenvalue weighted by atomic mass is 16.5. The number of hydrogen-bond donors (Lipinski definition) is 2. The van der Waals surface area contributed by atoms with Gasteiger partial charge >= 0.3 is 0 Å². The number of carbonyl (C=O) groups is 2. The molecule has 9 heteroatoms. The SMILES string of the molecule is CCc1ccccc1NC(=O)c1nnn(CC(=O)Nc2cc(OC)ccc2OC)c1C. The predicted molar refractivity (Wildman–Crippen MR) is 117 cm³/mol. The summed E-state index contributed by atoms with van der Waals surface area (Å²) in [6, 6.07) is 12.7. The van der Waals surface area contributed by atoms with Gasteiger partial charge in [-0.15, -0.1) is 5.10 Å². The molecule has 0 atom stereocenters. The average Bonchev–Trinajstić information content (AvgIpc) is 3.14. The molecule has 3 aromatic rings. The van der Waals surface area contributed by atoms with E-state index in [-0.39, 0.29) is 24.1 Å². The minimum Gasteiger partial charge on any atom is -0.497 e. The fourth-order valence-corrected chi connectivity index (χ4v) is 3.09. The molecule has 1 aromatic heterocycles. The summed E-state index contributed by atoms with van der Waals surface area (Å²) in [5.41, 5.74) is 2.87. The number of amides is 2. The normalized spacial score (nSPS) is 10.5. The Bertz CT molecular complexity index is 1090. The van der Waals surface area contributed by atoms with Crippen molar-refractivity contribution < 1.29 is 19.1 Å². The van der Waals surface area contributed by atoms with Crippen LogP contribution in [0.3, 0.4) is 0 Å². The molecule has 0 spiro atoms. The lowest BCUT2D eigenvalue weighted by molar-refractivity contribution is -0.117. The second kappa shape index (κ2) is 9.75. The third kappa shape index (κ3) is 5.00. The molecule has 2 amide bonds. The van der Waals surface area contributed by atoms with Crippen molar-refractivity contribution in [3.63, 3.8) is 0 Å². The summed E-state index contributed by atoms with van der Waals surface area (Å²) in [4.78, 5) is 25.2. The summed E-state index contributed by atoms with van der Waals surface area (Å²) in [5.74, 6) is 0.362. The van der Waals surface area contributed by atoms with Crippen molar-refractivity contribution in [2.45, 2.75) is 26.8 Å².